The van der Waals surface area contributed by atoms with Gasteiger partial charge < -0.3 is 4.98 Å². The van der Waals surface area contributed by atoms with Crippen molar-refractivity contribution in [2.75, 3.05) is 0 Å². The van der Waals surface area contributed by atoms with Crippen LogP contribution in [0.4, 0.5) is 0 Å². The van der Waals surface area contributed by atoms with Gasteiger partial charge in [0.15, 0.2) is 0 Å². The van der Waals surface area contributed by atoms with Crippen LogP contribution < -0.4 is 0 Å². The number of aromatic nitrogens is 2. The largest absolute Gasteiger partial charge is 0.345 e. The molecule has 0 fully saturated rings. The van der Waals surface area contributed by atoms with Crippen LogP contribution >= 0.6 is 24.4 Å². The molecular formula is C9H6N2S2. The Balaban J connectivity index is 2.38. The first-order valence-corrected chi connectivity index (χ1v) is 4.57. The molecule has 4 heteroatoms. The molecule has 1 heterocycles. The first-order chi connectivity index (χ1) is 6.27. The average Bonchev–Trinajstić information content (AvgIpc) is 2.62. The number of aromatic amines is 1. The van der Waals surface area contributed by atoms with E-state index in [1.165, 1.54) is 0 Å². The van der Waals surface area contributed by atoms with Gasteiger partial charge in [0.1, 0.15) is 5.82 Å². The molecule has 2 rings (SSSR count). The number of hydrogen-bond donors (Lipinski definition) is 1. The molecule has 1 aliphatic rings. The molecule has 13 heavy (non-hydrogen) atoms. The summed E-state index contributed by atoms with van der Waals surface area (Å²) in [6.07, 6.45) is 9.09. The summed E-state index contributed by atoms with van der Waals surface area (Å²) in [6, 6.07) is 0. The fourth-order valence-corrected chi connectivity index (χ4v) is 1.40. The minimum Gasteiger partial charge on any atom is -0.345 e. The lowest BCUT2D eigenvalue weighted by Crippen LogP contribution is -2.07. The number of imidazole rings is 1. The first kappa shape index (κ1) is 8.47. The van der Waals surface area contributed by atoms with E-state index in [2.05, 4.69) is 9.97 Å². The normalized spacial score (nSPS) is 16.2. The maximum absolute atomic E-state index is 5.07. The number of nitrogens with zero attached hydrogens (tertiary/aromatic N) is 1. The molecule has 0 spiro atoms. The van der Waals surface area contributed by atoms with Gasteiger partial charge in [-0.05, 0) is 18.2 Å². The van der Waals surface area contributed by atoms with E-state index >= 15 is 0 Å². The van der Waals surface area contributed by atoms with Crippen molar-refractivity contribution in [2.45, 2.75) is 0 Å². The minimum atomic E-state index is 0.698. The third-order valence-electron chi connectivity index (χ3n) is 1.72. The molecule has 0 unspecified atom stereocenters. The Kier molecular flexibility index (Phi) is 2.16. The van der Waals surface area contributed by atoms with E-state index in [0.717, 1.165) is 11.4 Å². The van der Waals surface area contributed by atoms with Crippen LogP contribution in [0.3, 0.4) is 0 Å². The zero-order valence-corrected chi connectivity index (χ0v) is 8.28. The summed E-state index contributed by atoms with van der Waals surface area (Å²) in [5.41, 5.74) is 0.976. The molecule has 0 saturated carbocycles. The van der Waals surface area contributed by atoms with Crippen LogP contribution in [-0.4, -0.2) is 19.7 Å². The van der Waals surface area contributed by atoms with E-state index in [1.54, 1.807) is 12.4 Å². The quantitative estimate of drug-likeness (QED) is 0.713. The molecule has 0 saturated heterocycles. The standard InChI is InChI=1S/C9H6N2S2/c12-7-2-1-6(5-8(7)13)9-10-3-4-11-9/h1-5H,(H,10,11). The summed E-state index contributed by atoms with van der Waals surface area (Å²) in [4.78, 5) is 8.54. The SMILES string of the molecule is S=C1C=CC(c2ncc[nH]2)=CC1=S. The Labute approximate surface area is 86.4 Å². The molecular weight excluding hydrogens is 200 g/mol. The lowest BCUT2D eigenvalue weighted by atomic mass is 10.1. The van der Waals surface area contributed by atoms with Gasteiger partial charge in [-0.3, -0.25) is 0 Å². The number of nitrogens with one attached hydrogen (secondary N) is 1. The third-order valence-corrected chi connectivity index (χ3v) is 2.54. The molecule has 0 aromatic carbocycles. The Morgan fingerprint density at radius 2 is 2.00 bits per heavy atom. The summed E-state index contributed by atoms with van der Waals surface area (Å²) < 4.78 is 0. The lowest BCUT2D eigenvalue weighted by molar-refractivity contribution is 1.25. The second kappa shape index (κ2) is 3.32. The molecule has 1 aromatic rings. The Hall–Kier alpha value is -1.13. The van der Waals surface area contributed by atoms with Crippen LogP contribution in [0.15, 0.2) is 30.6 Å². The molecule has 1 N–H and O–H groups in total. The topological polar surface area (TPSA) is 28.7 Å². The average molecular weight is 206 g/mol. The maximum Gasteiger partial charge on any atom is 0.137 e. The maximum atomic E-state index is 5.07. The predicted molar refractivity (Wildman–Crippen MR) is 60.9 cm³/mol. The molecule has 0 bridgehead atoms. The number of thiocarbonyl (C=S) groups is 2. The number of allylic oxidation sites excluding steroid dienone is 4. The Bertz CT molecular complexity index is 413. The fourth-order valence-electron chi connectivity index (χ4n) is 1.08. The van der Waals surface area contributed by atoms with Crippen molar-refractivity contribution in [1.82, 2.24) is 9.97 Å². The van der Waals surface area contributed by atoms with Crippen molar-refractivity contribution in [3.05, 3.63) is 36.4 Å². The van der Waals surface area contributed by atoms with E-state index in [9.17, 15) is 0 Å². The van der Waals surface area contributed by atoms with Crippen LogP contribution in [0.25, 0.3) is 5.57 Å². The second-order valence-corrected chi connectivity index (χ2v) is 3.48. The zero-order chi connectivity index (χ0) is 9.26. The highest BCUT2D eigenvalue weighted by Gasteiger charge is 2.08. The zero-order valence-electron chi connectivity index (χ0n) is 6.65. The van der Waals surface area contributed by atoms with Gasteiger partial charge in [-0.25, -0.2) is 4.98 Å². The molecule has 1 aromatic heterocycles. The van der Waals surface area contributed by atoms with Gasteiger partial charge in [-0.1, -0.05) is 24.4 Å². The van der Waals surface area contributed by atoms with E-state index < -0.39 is 0 Å². The smallest absolute Gasteiger partial charge is 0.137 e. The van der Waals surface area contributed by atoms with E-state index in [1.807, 2.05) is 18.2 Å². The van der Waals surface area contributed by atoms with Gasteiger partial charge in [-0.2, -0.15) is 0 Å². The third kappa shape index (κ3) is 1.64. The Morgan fingerprint density at radius 1 is 1.15 bits per heavy atom. The van der Waals surface area contributed by atoms with E-state index in [4.69, 9.17) is 24.4 Å². The summed E-state index contributed by atoms with van der Waals surface area (Å²) in [7, 11) is 0. The van der Waals surface area contributed by atoms with Crippen molar-refractivity contribution >= 4 is 39.7 Å². The summed E-state index contributed by atoms with van der Waals surface area (Å²) in [5.74, 6) is 0.820. The van der Waals surface area contributed by atoms with Gasteiger partial charge in [0.25, 0.3) is 0 Å². The highest BCUT2D eigenvalue weighted by atomic mass is 32.1. The van der Waals surface area contributed by atoms with Crippen LogP contribution in [0.5, 0.6) is 0 Å². The van der Waals surface area contributed by atoms with Crippen LogP contribution in [0, 0.1) is 0 Å². The van der Waals surface area contributed by atoms with E-state index in [-0.39, 0.29) is 0 Å². The van der Waals surface area contributed by atoms with Crippen molar-refractivity contribution in [2.24, 2.45) is 0 Å². The van der Waals surface area contributed by atoms with Crippen molar-refractivity contribution in [3.8, 4) is 0 Å². The molecule has 0 aliphatic heterocycles. The number of hydrogen-bond acceptors (Lipinski definition) is 3. The lowest BCUT2D eigenvalue weighted by Gasteiger charge is -2.05. The second-order valence-electron chi connectivity index (χ2n) is 2.60. The van der Waals surface area contributed by atoms with Gasteiger partial charge in [0.05, 0.1) is 9.73 Å². The number of rotatable bonds is 1. The molecule has 0 radical (unpaired) electrons. The van der Waals surface area contributed by atoms with Crippen LogP contribution in [0.1, 0.15) is 5.82 Å². The van der Waals surface area contributed by atoms with Crippen LogP contribution in [0.2, 0.25) is 0 Å². The molecule has 64 valence electrons. The monoisotopic (exact) mass is 206 g/mol. The van der Waals surface area contributed by atoms with Gasteiger partial charge in [-0.15, -0.1) is 0 Å². The Morgan fingerprint density at radius 3 is 2.62 bits per heavy atom. The molecule has 0 amide bonds. The van der Waals surface area contributed by atoms with Crippen molar-refractivity contribution in [1.29, 1.82) is 0 Å². The predicted octanol–water partition coefficient (Wildman–Crippen LogP) is 2.10. The van der Waals surface area contributed by atoms with Crippen molar-refractivity contribution in [3.63, 3.8) is 0 Å². The number of H-pyrrole nitrogens is 1. The summed E-state index contributed by atoms with van der Waals surface area (Å²) >= 11 is 10.1. The van der Waals surface area contributed by atoms with Crippen molar-refractivity contribution < 1.29 is 0 Å². The van der Waals surface area contributed by atoms with Gasteiger partial charge in [0.2, 0.25) is 0 Å². The summed E-state index contributed by atoms with van der Waals surface area (Å²) in [6.45, 7) is 0. The minimum absolute atomic E-state index is 0.698. The van der Waals surface area contributed by atoms with Gasteiger partial charge >= 0.3 is 0 Å². The fraction of sp³-hybridized carbons (Fsp3) is 0. The van der Waals surface area contributed by atoms with E-state index in [0.29, 0.717) is 9.73 Å². The first-order valence-electron chi connectivity index (χ1n) is 3.75. The van der Waals surface area contributed by atoms with Gasteiger partial charge in [0, 0.05) is 18.0 Å². The molecule has 2 nitrogen and oxygen atoms in total. The molecule has 0 atom stereocenters. The van der Waals surface area contributed by atoms with Crippen LogP contribution in [-0.2, 0) is 0 Å². The molecule has 1 aliphatic carbocycles. The highest BCUT2D eigenvalue weighted by molar-refractivity contribution is 7.90. The summed E-state index contributed by atoms with van der Waals surface area (Å²) in [5, 5.41) is 0. The highest BCUT2D eigenvalue weighted by Crippen LogP contribution is 2.15.